The number of rotatable bonds is 2. The predicted octanol–water partition coefficient (Wildman–Crippen LogP) is 3.43. The topological polar surface area (TPSA) is 38.9 Å². The highest BCUT2D eigenvalue weighted by Crippen LogP contribution is 2.33. The van der Waals surface area contributed by atoms with Crippen molar-refractivity contribution in [2.45, 2.75) is 12.2 Å². The van der Waals surface area contributed by atoms with Crippen LogP contribution in [0.1, 0.15) is 22.7 Å². The van der Waals surface area contributed by atoms with Crippen molar-refractivity contribution in [1.29, 1.82) is 0 Å². The molecule has 0 fully saturated rings. The van der Waals surface area contributed by atoms with E-state index in [2.05, 4.69) is 4.98 Å². The first-order chi connectivity index (χ1) is 9.30. The number of nitrogens with zero attached hydrogens (tertiary/aromatic N) is 1. The molecule has 20 heavy (non-hydrogen) atoms. The molecule has 1 atom stereocenters. The van der Waals surface area contributed by atoms with Crippen molar-refractivity contribution >= 4 is 0 Å². The lowest BCUT2D eigenvalue weighted by molar-refractivity contribution is -0.137. The molecular formula is C13H9F5N2. The summed E-state index contributed by atoms with van der Waals surface area (Å²) in [7, 11) is 0. The van der Waals surface area contributed by atoms with E-state index in [4.69, 9.17) is 5.73 Å². The second kappa shape index (κ2) is 5.16. The first kappa shape index (κ1) is 14.4. The van der Waals surface area contributed by atoms with Crippen LogP contribution in [0.3, 0.4) is 0 Å². The van der Waals surface area contributed by atoms with Crippen molar-refractivity contribution in [3.63, 3.8) is 0 Å². The van der Waals surface area contributed by atoms with E-state index < -0.39 is 35.0 Å². The van der Waals surface area contributed by atoms with Crippen molar-refractivity contribution < 1.29 is 22.0 Å². The minimum atomic E-state index is -4.63. The van der Waals surface area contributed by atoms with Crippen molar-refractivity contribution in [2.24, 2.45) is 5.73 Å². The van der Waals surface area contributed by atoms with Crippen LogP contribution in [-0.2, 0) is 6.18 Å². The molecule has 2 nitrogen and oxygen atoms in total. The molecule has 1 unspecified atom stereocenters. The molecule has 0 radical (unpaired) electrons. The van der Waals surface area contributed by atoms with Crippen LogP contribution in [0, 0.1) is 11.6 Å². The molecule has 2 rings (SSSR count). The molecule has 1 aromatic heterocycles. The van der Waals surface area contributed by atoms with Gasteiger partial charge < -0.3 is 5.73 Å². The monoisotopic (exact) mass is 288 g/mol. The van der Waals surface area contributed by atoms with Crippen molar-refractivity contribution in [3.05, 3.63) is 65.0 Å². The molecular weight excluding hydrogens is 279 g/mol. The summed E-state index contributed by atoms with van der Waals surface area (Å²) in [6.45, 7) is 0. The lowest BCUT2D eigenvalue weighted by Crippen LogP contribution is -2.17. The van der Waals surface area contributed by atoms with E-state index in [-0.39, 0.29) is 5.56 Å². The van der Waals surface area contributed by atoms with Gasteiger partial charge in [-0.3, -0.25) is 4.98 Å². The van der Waals surface area contributed by atoms with Crippen LogP contribution in [-0.4, -0.2) is 4.98 Å². The summed E-state index contributed by atoms with van der Waals surface area (Å²) in [5.41, 5.74) is 4.06. The maximum absolute atomic E-state index is 13.6. The van der Waals surface area contributed by atoms with Gasteiger partial charge >= 0.3 is 6.18 Å². The average Bonchev–Trinajstić information content (AvgIpc) is 2.37. The van der Waals surface area contributed by atoms with Gasteiger partial charge in [-0.25, -0.2) is 8.78 Å². The summed E-state index contributed by atoms with van der Waals surface area (Å²) in [5, 5.41) is 0. The Kier molecular flexibility index (Phi) is 3.71. The predicted molar refractivity (Wildman–Crippen MR) is 61.6 cm³/mol. The molecule has 1 heterocycles. The molecule has 7 heteroatoms. The van der Waals surface area contributed by atoms with Crippen molar-refractivity contribution in [1.82, 2.24) is 4.98 Å². The van der Waals surface area contributed by atoms with Crippen LogP contribution in [0.25, 0.3) is 0 Å². The zero-order chi connectivity index (χ0) is 14.9. The van der Waals surface area contributed by atoms with Gasteiger partial charge in [-0.1, -0.05) is 0 Å². The van der Waals surface area contributed by atoms with Gasteiger partial charge in [0.15, 0.2) is 0 Å². The third-order valence-electron chi connectivity index (χ3n) is 2.80. The zero-order valence-corrected chi connectivity index (χ0v) is 9.96. The number of pyridine rings is 1. The first-order valence-electron chi connectivity index (χ1n) is 5.52. The summed E-state index contributed by atoms with van der Waals surface area (Å²) in [6, 6.07) is 1.70. The molecule has 106 valence electrons. The number of hydrogen-bond donors (Lipinski definition) is 1. The number of alkyl halides is 3. The smallest absolute Gasteiger partial charge is 0.320 e. The maximum atomic E-state index is 13.6. The average molecular weight is 288 g/mol. The molecule has 0 saturated heterocycles. The van der Waals surface area contributed by atoms with E-state index in [0.29, 0.717) is 18.2 Å². The normalized spacial score (nSPS) is 13.3. The van der Waals surface area contributed by atoms with Gasteiger partial charge in [0.2, 0.25) is 0 Å². The Morgan fingerprint density at radius 1 is 1.00 bits per heavy atom. The standard InChI is InChI=1S/C13H9F5N2/c14-10-2-1-7(13(16,17)18)5-9(10)12(19)8-3-4-20-6-11(8)15/h1-6,12H,19H2. The zero-order valence-electron chi connectivity index (χ0n) is 9.96. The summed E-state index contributed by atoms with van der Waals surface area (Å²) >= 11 is 0. The van der Waals surface area contributed by atoms with E-state index in [9.17, 15) is 22.0 Å². The second-order valence-electron chi connectivity index (χ2n) is 4.11. The molecule has 0 aliphatic heterocycles. The Bertz CT molecular complexity index is 624. The lowest BCUT2D eigenvalue weighted by atomic mass is 9.97. The van der Waals surface area contributed by atoms with E-state index >= 15 is 0 Å². The third kappa shape index (κ3) is 2.77. The van der Waals surface area contributed by atoms with E-state index in [1.165, 1.54) is 12.3 Å². The fourth-order valence-electron chi connectivity index (χ4n) is 1.76. The maximum Gasteiger partial charge on any atom is 0.416 e. The highest BCUT2D eigenvalue weighted by Gasteiger charge is 2.32. The highest BCUT2D eigenvalue weighted by atomic mass is 19.4. The van der Waals surface area contributed by atoms with Gasteiger partial charge in [0.25, 0.3) is 0 Å². The first-order valence-corrected chi connectivity index (χ1v) is 5.52. The summed E-state index contributed by atoms with van der Waals surface area (Å²) < 4.78 is 64.9. The fourth-order valence-corrected chi connectivity index (χ4v) is 1.76. The van der Waals surface area contributed by atoms with Crippen LogP contribution in [0.4, 0.5) is 22.0 Å². The Labute approximate surface area is 111 Å². The number of nitrogens with two attached hydrogens (primary N) is 1. The Morgan fingerprint density at radius 3 is 2.30 bits per heavy atom. The Balaban J connectivity index is 2.50. The quantitative estimate of drug-likeness (QED) is 0.860. The number of hydrogen-bond acceptors (Lipinski definition) is 2. The van der Waals surface area contributed by atoms with Gasteiger partial charge in [0.05, 0.1) is 17.8 Å². The Morgan fingerprint density at radius 2 is 1.70 bits per heavy atom. The van der Waals surface area contributed by atoms with Crippen LogP contribution >= 0.6 is 0 Å². The van der Waals surface area contributed by atoms with Gasteiger partial charge in [-0.2, -0.15) is 13.2 Å². The molecule has 2 N–H and O–H groups in total. The fraction of sp³-hybridized carbons (Fsp3) is 0.154. The molecule has 0 aliphatic rings. The van der Waals surface area contributed by atoms with Gasteiger partial charge in [-0.15, -0.1) is 0 Å². The number of benzene rings is 1. The summed E-state index contributed by atoms with van der Waals surface area (Å²) in [6.07, 6.45) is -2.54. The van der Waals surface area contributed by atoms with Crippen molar-refractivity contribution in [2.75, 3.05) is 0 Å². The minimum absolute atomic E-state index is 0.127. The van der Waals surface area contributed by atoms with Crippen molar-refractivity contribution in [3.8, 4) is 0 Å². The molecule has 2 aromatic rings. The molecule has 1 aromatic carbocycles. The molecule has 0 aliphatic carbocycles. The molecule has 0 saturated carbocycles. The highest BCUT2D eigenvalue weighted by molar-refractivity contribution is 5.35. The lowest BCUT2D eigenvalue weighted by Gasteiger charge is -2.16. The third-order valence-corrected chi connectivity index (χ3v) is 2.80. The molecule has 0 amide bonds. The summed E-state index contributed by atoms with van der Waals surface area (Å²) in [4.78, 5) is 3.50. The van der Waals surface area contributed by atoms with E-state index in [1.807, 2.05) is 0 Å². The number of halogens is 5. The summed E-state index contributed by atoms with van der Waals surface area (Å²) in [5.74, 6) is -1.74. The SMILES string of the molecule is NC(c1ccncc1F)c1cc(C(F)(F)F)ccc1F. The second-order valence-corrected chi connectivity index (χ2v) is 4.11. The minimum Gasteiger partial charge on any atom is -0.320 e. The Hall–Kier alpha value is -2.02. The molecule has 0 spiro atoms. The van der Waals surface area contributed by atoms with Gasteiger partial charge in [-0.05, 0) is 24.3 Å². The van der Waals surface area contributed by atoms with Crippen LogP contribution in [0.2, 0.25) is 0 Å². The van der Waals surface area contributed by atoms with Crippen LogP contribution in [0.15, 0.2) is 36.7 Å². The number of aromatic nitrogens is 1. The van der Waals surface area contributed by atoms with Gasteiger partial charge in [0, 0.05) is 17.3 Å². The van der Waals surface area contributed by atoms with Crippen LogP contribution in [0.5, 0.6) is 0 Å². The van der Waals surface area contributed by atoms with E-state index in [1.54, 1.807) is 0 Å². The van der Waals surface area contributed by atoms with Crippen LogP contribution < -0.4 is 5.73 Å². The molecule has 0 bridgehead atoms. The largest absolute Gasteiger partial charge is 0.416 e. The van der Waals surface area contributed by atoms with Gasteiger partial charge in [0.1, 0.15) is 11.6 Å². The van der Waals surface area contributed by atoms with E-state index in [0.717, 1.165) is 6.20 Å².